The van der Waals surface area contributed by atoms with Crippen molar-refractivity contribution in [1.82, 2.24) is 5.32 Å². The van der Waals surface area contributed by atoms with Gasteiger partial charge in [-0.15, -0.1) is 0 Å². The number of benzene rings is 1. The summed E-state index contributed by atoms with van der Waals surface area (Å²) in [7, 11) is 0. The van der Waals surface area contributed by atoms with Gasteiger partial charge in [-0.1, -0.05) is 26.0 Å². The molecule has 0 bridgehead atoms. The Kier molecular flexibility index (Phi) is 6.52. The fraction of sp³-hybridized carbons (Fsp3) is 0.562. The molecule has 0 saturated carbocycles. The van der Waals surface area contributed by atoms with Crippen molar-refractivity contribution in [2.75, 3.05) is 6.54 Å². The number of carbonyl (C=O) groups excluding carboxylic acids is 1. The van der Waals surface area contributed by atoms with Gasteiger partial charge in [-0.05, 0) is 49.4 Å². The van der Waals surface area contributed by atoms with Crippen LogP contribution in [0.4, 0.5) is 0 Å². The molecule has 4 heteroatoms. The average molecular weight is 278 g/mol. The maximum absolute atomic E-state index is 12.0. The normalized spacial score (nSPS) is 14.1. The molecule has 20 heavy (non-hydrogen) atoms. The molecule has 0 spiro atoms. The summed E-state index contributed by atoms with van der Waals surface area (Å²) in [5.74, 6) is 0.992. The van der Waals surface area contributed by atoms with Gasteiger partial charge in [0.05, 0.1) is 6.04 Å². The summed E-state index contributed by atoms with van der Waals surface area (Å²) in [6.45, 7) is 6.71. The van der Waals surface area contributed by atoms with E-state index in [1.54, 1.807) is 18.2 Å². The zero-order valence-corrected chi connectivity index (χ0v) is 12.6. The number of carbonyl (C=O) groups is 1. The van der Waals surface area contributed by atoms with Crippen molar-refractivity contribution in [2.45, 2.75) is 39.7 Å². The van der Waals surface area contributed by atoms with E-state index in [-0.39, 0.29) is 23.6 Å². The van der Waals surface area contributed by atoms with E-state index in [1.807, 2.05) is 13.0 Å². The highest BCUT2D eigenvalue weighted by Crippen LogP contribution is 2.19. The van der Waals surface area contributed by atoms with Gasteiger partial charge in [0.1, 0.15) is 5.75 Å². The van der Waals surface area contributed by atoms with Crippen LogP contribution in [0.15, 0.2) is 24.3 Å². The fourth-order valence-corrected chi connectivity index (χ4v) is 2.37. The van der Waals surface area contributed by atoms with E-state index in [0.29, 0.717) is 18.9 Å². The molecular formula is C16H26N2O2. The number of hydrogen-bond acceptors (Lipinski definition) is 3. The number of nitrogens with two attached hydrogens (primary N) is 1. The van der Waals surface area contributed by atoms with Gasteiger partial charge in [-0.25, -0.2) is 0 Å². The van der Waals surface area contributed by atoms with Gasteiger partial charge in [0.15, 0.2) is 0 Å². The molecule has 0 aliphatic rings. The van der Waals surface area contributed by atoms with E-state index >= 15 is 0 Å². The number of phenolic OH excluding ortho intramolecular Hbond substituents is 1. The Morgan fingerprint density at radius 2 is 2.05 bits per heavy atom. The summed E-state index contributed by atoms with van der Waals surface area (Å²) < 4.78 is 0. The second kappa shape index (κ2) is 7.90. The summed E-state index contributed by atoms with van der Waals surface area (Å²) in [5.41, 5.74) is 6.61. The van der Waals surface area contributed by atoms with Gasteiger partial charge >= 0.3 is 0 Å². The van der Waals surface area contributed by atoms with E-state index in [4.69, 9.17) is 5.73 Å². The Hall–Kier alpha value is -1.55. The monoisotopic (exact) mass is 278 g/mol. The Balaban J connectivity index is 2.53. The molecular weight excluding hydrogens is 252 g/mol. The minimum Gasteiger partial charge on any atom is -0.508 e. The lowest BCUT2D eigenvalue weighted by Gasteiger charge is -2.19. The summed E-state index contributed by atoms with van der Waals surface area (Å²) in [5, 5.41) is 12.4. The molecule has 0 radical (unpaired) electrons. The van der Waals surface area contributed by atoms with Crippen LogP contribution in [0.3, 0.4) is 0 Å². The van der Waals surface area contributed by atoms with Crippen LogP contribution in [0.25, 0.3) is 0 Å². The molecule has 4 N–H and O–H groups in total. The number of rotatable bonds is 7. The highest BCUT2D eigenvalue weighted by molar-refractivity contribution is 5.76. The molecule has 0 aromatic heterocycles. The van der Waals surface area contributed by atoms with Crippen molar-refractivity contribution >= 4 is 5.91 Å². The van der Waals surface area contributed by atoms with Crippen molar-refractivity contribution < 1.29 is 9.90 Å². The lowest BCUT2D eigenvalue weighted by molar-refractivity contribution is -0.122. The first kappa shape index (κ1) is 16.5. The number of phenols is 1. The molecule has 1 aromatic rings. The molecule has 0 heterocycles. The Morgan fingerprint density at radius 3 is 2.60 bits per heavy atom. The number of amides is 1. The average Bonchev–Trinajstić information content (AvgIpc) is 2.37. The van der Waals surface area contributed by atoms with Gasteiger partial charge < -0.3 is 16.2 Å². The second-order valence-corrected chi connectivity index (χ2v) is 5.82. The topological polar surface area (TPSA) is 75.4 Å². The highest BCUT2D eigenvalue weighted by atomic mass is 16.3. The molecule has 0 aliphatic carbocycles. The summed E-state index contributed by atoms with van der Waals surface area (Å²) in [6.07, 6.45) is 1.42. The van der Waals surface area contributed by atoms with Gasteiger partial charge in [-0.3, -0.25) is 4.79 Å². The molecule has 2 unspecified atom stereocenters. The number of aromatic hydroxyl groups is 1. The zero-order valence-electron chi connectivity index (χ0n) is 12.6. The maximum Gasteiger partial charge on any atom is 0.220 e. The minimum atomic E-state index is -0.118. The molecule has 1 rings (SSSR count). The van der Waals surface area contributed by atoms with Crippen LogP contribution >= 0.6 is 0 Å². The first-order valence-corrected chi connectivity index (χ1v) is 7.20. The molecule has 1 amide bonds. The van der Waals surface area contributed by atoms with E-state index in [9.17, 15) is 9.90 Å². The molecule has 4 nitrogen and oxygen atoms in total. The molecule has 0 saturated heterocycles. The number of nitrogens with one attached hydrogen (secondary N) is 1. The molecule has 0 fully saturated rings. The predicted octanol–water partition coefficient (Wildman–Crippen LogP) is 2.58. The number of hydrogen-bond donors (Lipinski definition) is 3. The van der Waals surface area contributed by atoms with E-state index in [2.05, 4.69) is 19.2 Å². The maximum atomic E-state index is 12.0. The Bertz CT molecular complexity index is 432. The lowest BCUT2D eigenvalue weighted by atomic mass is 9.94. The summed E-state index contributed by atoms with van der Waals surface area (Å²) in [6, 6.07) is 6.82. The highest BCUT2D eigenvalue weighted by Gasteiger charge is 2.16. The predicted molar refractivity (Wildman–Crippen MR) is 81.3 cm³/mol. The van der Waals surface area contributed by atoms with Crippen LogP contribution < -0.4 is 11.1 Å². The van der Waals surface area contributed by atoms with Crippen LogP contribution in [0.5, 0.6) is 5.75 Å². The van der Waals surface area contributed by atoms with E-state index < -0.39 is 0 Å². The Morgan fingerprint density at radius 1 is 1.35 bits per heavy atom. The smallest absolute Gasteiger partial charge is 0.220 e. The van der Waals surface area contributed by atoms with Gasteiger partial charge in [-0.2, -0.15) is 0 Å². The van der Waals surface area contributed by atoms with Crippen LogP contribution in [0.2, 0.25) is 0 Å². The fourth-order valence-electron chi connectivity index (χ4n) is 2.37. The summed E-state index contributed by atoms with van der Waals surface area (Å²) >= 11 is 0. The van der Waals surface area contributed by atoms with E-state index in [0.717, 1.165) is 12.0 Å². The molecule has 2 atom stereocenters. The van der Waals surface area contributed by atoms with Crippen molar-refractivity contribution in [3.8, 4) is 5.75 Å². The van der Waals surface area contributed by atoms with Crippen molar-refractivity contribution in [1.29, 1.82) is 0 Å². The van der Waals surface area contributed by atoms with Gasteiger partial charge in [0, 0.05) is 6.42 Å². The third kappa shape index (κ3) is 5.61. The first-order valence-electron chi connectivity index (χ1n) is 7.20. The van der Waals surface area contributed by atoms with Crippen molar-refractivity contribution in [3.05, 3.63) is 29.8 Å². The van der Waals surface area contributed by atoms with Crippen molar-refractivity contribution in [3.63, 3.8) is 0 Å². The minimum absolute atomic E-state index is 0.0111. The van der Waals surface area contributed by atoms with Crippen molar-refractivity contribution in [2.24, 2.45) is 17.6 Å². The molecule has 0 aliphatic heterocycles. The van der Waals surface area contributed by atoms with Gasteiger partial charge in [0.25, 0.3) is 0 Å². The van der Waals surface area contributed by atoms with E-state index in [1.165, 1.54) is 0 Å². The largest absolute Gasteiger partial charge is 0.508 e. The van der Waals surface area contributed by atoms with Crippen LogP contribution in [-0.4, -0.2) is 17.6 Å². The quantitative estimate of drug-likeness (QED) is 0.717. The zero-order chi connectivity index (χ0) is 15.1. The Labute approximate surface area is 121 Å². The lowest BCUT2D eigenvalue weighted by Crippen LogP contribution is -2.30. The summed E-state index contributed by atoms with van der Waals surface area (Å²) in [4.78, 5) is 12.0. The SMILES string of the molecule is CC(C)CC(CN)CC(=O)NC(C)c1cccc(O)c1. The van der Waals surface area contributed by atoms with Crippen LogP contribution in [0.1, 0.15) is 45.2 Å². The molecule has 112 valence electrons. The third-order valence-electron chi connectivity index (χ3n) is 3.36. The van der Waals surface area contributed by atoms with Crippen LogP contribution in [-0.2, 0) is 4.79 Å². The van der Waals surface area contributed by atoms with Gasteiger partial charge in [0.2, 0.25) is 5.91 Å². The molecule has 1 aromatic carbocycles. The standard InChI is InChI=1S/C16H26N2O2/c1-11(2)7-13(10-17)8-16(20)18-12(3)14-5-4-6-15(19)9-14/h4-6,9,11-13,19H,7-8,10,17H2,1-3H3,(H,18,20). The first-order chi connectivity index (χ1) is 9.42. The van der Waals surface area contributed by atoms with Crippen LogP contribution in [0, 0.1) is 11.8 Å². The third-order valence-corrected chi connectivity index (χ3v) is 3.36. The second-order valence-electron chi connectivity index (χ2n) is 5.82.